The molecule has 0 spiro atoms. The molecule has 6 heteroatoms. The highest BCUT2D eigenvalue weighted by Crippen LogP contribution is 2.23. The number of benzene rings is 1. The molecule has 1 atom stereocenters. The molecule has 0 radical (unpaired) electrons. The van der Waals surface area contributed by atoms with Gasteiger partial charge in [-0.1, -0.05) is 18.2 Å². The number of furan rings is 1. The van der Waals surface area contributed by atoms with Crippen LogP contribution in [-0.4, -0.2) is 19.7 Å². The molecule has 0 fully saturated rings. The van der Waals surface area contributed by atoms with Crippen LogP contribution in [0, 0.1) is 0 Å². The van der Waals surface area contributed by atoms with Crippen molar-refractivity contribution in [2.24, 2.45) is 0 Å². The lowest BCUT2D eigenvalue weighted by molar-refractivity contribution is 0.562. The number of aromatic nitrogens is 1. The van der Waals surface area contributed by atoms with Gasteiger partial charge in [-0.3, -0.25) is 0 Å². The van der Waals surface area contributed by atoms with E-state index in [4.69, 9.17) is 4.42 Å². The summed E-state index contributed by atoms with van der Waals surface area (Å²) >= 11 is 0. The van der Waals surface area contributed by atoms with E-state index >= 15 is 0 Å². The highest BCUT2D eigenvalue weighted by atomic mass is 32.2. The Morgan fingerprint density at radius 1 is 1.08 bits per heavy atom. The number of hydrogen-bond donors (Lipinski definition) is 1. The monoisotopic (exact) mass is 342 g/mol. The minimum absolute atomic E-state index is 0.0686. The molecule has 5 nitrogen and oxygen atoms in total. The quantitative estimate of drug-likeness (QED) is 0.761. The summed E-state index contributed by atoms with van der Waals surface area (Å²) in [4.78, 5) is 4.89. The van der Waals surface area contributed by atoms with Crippen molar-refractivity contribution in [2.45, 2.75) is 17.9 Å². The SMILES string of the molecule is C[C@H](Nc1cccc(-c2ccc(S(C)(=O)=O)cc2)n1)c1ccoc1. The van der Waals surface area contributed by atoms with Crippen molar-refractivity contribution in [2.75, 3.05) is 11.6 Å². The van der Waals surface area contributed by atoms with E-state index in [9.17, 15) is 8.42 Å². The molecule has 0 unspecified atom stereocenters. The molecule has 0 bridgehead atoms. The van der Waals surface area contributed by atoms with E-state index in [1.54, 1.807) is 36.8 Å². The van der Waals surface area contributed by atoms with Gasteiger partial charge in [0.1, 0.15) is 5.82 Å². The minimum atomic E-state index is -3.19. The molecule has 0 aliphatic heterocycles. The Hall–Kier alpha value is -2.60. The Labute approximate surface area is 141 Å². The summed E-state index contributed by atoms with van der Waals surface area (Å²) in [7, 11) is -3.19. The van der Waals surface area contributed by atoms with Crippen LogP contribution in [0.15, 0.2) is 70.4 Å². The molecule has 0 saturated carbocycles. The maximum absolute atomic E-state index is 11.5. The van der Waals surface area contributed by atoms with E-state index in [0.717, 1.165) is 22.6 Å². The van der Waals surface area contributed by atoms with Gasteiger partial charge in [0, 0.05) is 17.4 Å². The van der Waals surface area contributed by atoms with E-state index in [0.29, 0.717) is 4.90 Å². The average Bonchev–Trinajstić information content (AvgIpc) is 3.09. The Bertz CT molecular complexity index is 917. The summed E-state index contributed by atoms with van der Waals surface area (Å²) in [5, 5.41) is 3.32. The second-order valence-corrected chi connectivity index (χ2v) is 7.64. The maximum atomic E-state index is 11.5. The molecule has 3 aromatic rings. The molecule has 1 aromatic carbocycles. The molecule has 2 aromatic heterocycles. The summed E-state index contributed by atoms with van der Waals surface area (Å²) in [5.74, 6) is 0.744. The van der Waals surface area contributed by atoms with Gasteiger partial charge in [-0.2, -0.15) is 0 Å². The molecule has 0 amide bonds. The molecule has 124 valence electrons. The summed E-state index contributed by atoms with van der Waals surface area (Å²) < 4.78 is 28.2. The zero-order valence-corrected chi connectivity index (χ0v) is 14.2. The van der Waals surface area contributed by atoms with Crippen molar-refractivity contribution in [1.82, 2.24) is 4.98 Å². The van der Waals surface area contributed by atoms with Gasteiger partial charge in [-0.15, -0.1) is 0 Å². The molecule has 3 rings (SSSR count). The van der Waals surface area contributed by atoms with Crippen LogP contribution in [-0.2, 0) is 9.84 Å². The molecular formula is C18H18N2O3S. The Kier molecular flexibility index (Phi) is 4.40. The van der Waals surface area contributed by atoms with Crippen LogP contribution >= 0.6 is 0 Å². The van der Waals surface area contributed by atoms with Crippen LogP contribution in [0.5, 0.6) is 0 Å². The van der Waals surface area contributed by atoms with Gasteiger partial charge in [0.25, 0.3) is 0 Å². The fourth-order valence-electron chi connectivity index (χ4n) is 2.38. The fourth-order valence-corrected chi connectivity index (χ4v) is 3.01. The summed E-state index contributed by atoms with van der Waals surface area (Å²) in [5.41, 5.74) is 2.68. The van der Waals surface area contributed by atoms with Gasteiger partial charge in [-0.05, 0) is 37.3 Å². The first-order valence-corrected chi connectivity index (χ1v) is 9.39. The number of hydrogen-bond acceptors (Lipinski definition) is 5. The van der Waals surface area contributed by atoms with Crippen LogP contribution in [0.25, 0.3) is 11.3 Å². The van der Waals surface area contributed by atoms with Crippen molar-refractivity contribution in [3.8, 4) is 11.3 Å². The first kappa shape index (κ1) is 16.3. The second kappa shape index (κ2) is 6.49. The van der Waals surface area contributed by atoms with Crippen LogP contribution in [0.2, 0.25) is 0 Å². The van der Waals surface area contributed by atoms with Gasteiger partial charge in [0.2, 0.25) is 0 Å². The molecule has 0 aliphatic rings. The topological polar surface area (TPSA) is 72.2 Å². The van der Waals surface area contributed by atoms with E-state index in [-0.39, 0.29) is 6.04 Å². The van der Waals surface area contributed by atoms with E-state index in [2.05, 4.69) is 10.3 Å². The Morgan fingerprint density at radius 3 is 2.46 bits per heavy atom. The second-order valence-electron chi connectivity index (χ2n) is 5.63. The molecule has 24 heavy (non-hydrogen) atoms. The first-order chi connectivity index (χ1) is 11.4. The maximum Gasteiger partial charge on any atom is 0.175 e. The zero-order chi connectivity index (χ0) is 17.2. The third-order valence-electron chi connectivity index (χ3n) is 3.73. The van der Waals surface area contributed by atoms with Crippen molar-refractivity contribution in [1.29, 1.82) is 0 Å². The van der Waals surface area contributed by atoms with Gasteiger partial charge in [-0.25, -0.2) is 13.4 Å². The highest BCUT2D eigenvalue weighted by Gasteiger charge is 2.10. The third-order valence-corrected chi connectivity index (χ3v) is 4.86. The number of pyridine rings is 1. The number of nitrogens with zero attached hydrogens (tertiary/aromatic N) is 1. The van der Waals surface area contributed by atoms with Crippen LogP contribution < -0.4 is 5.32 Å². The smallest absolute Gasteiger partial charge is 0.175 e. The van der Waals surface area contributed by atoms with Gasteiger partial charge in [0.15, 0.2) is 9.84 Å². The van der Waals surface area contributed by atoms with Gasteiger partial charge >= 0.3 is 0 Å². The first-order valence-electron chi connectivity index (χ1n) is 7.50. The number of sulfone groups is 1. The molecule has 0 saturated heterocycles. The van der Waals surface area contributed by atoms with E-state index < -0.39 is 9.84 Å². The Morgan fingerprint density at radius 2 is 1.83 bits per heavy atom. The molecule has 2 heterocycles. The highest BCUT2D eigenvalue weighted by molar-refractivity contribution is 7.90. The van der Waals surface area contributed by atoms with E-state index in [1.807, 2.05) is 31.2 Å². The van der Waals surface area contributed by atoms with Gasteiger partial charge in [0.05, 0.1) is 29.2 Å². The summed E-state index contributed by atoms with van der Waals surface area (Å²) in [6, 6.07) is 14.4. The number of rotatable bonds is 5. The third kappa shape index (κ3) is 3.65. The van der Waals surface area contributed by atoms with Crippen molar-refractivity contribution in [3.63, 3.8) is 0 Å². The lowest BCUT2D eigenvalue weighted by Crippen LogP contribution is -2.07. The average molecular weight is 342 g/mol. The largest absolute Gasteiger partial charge is 0.472 e. The number of anilines is 1. The molecule has 1 N–H and O–H groups in total. The summed E-state index contributed by atoms with van der Waals surface area (Å²) in [6.45, 7) is 2.03. The fraction of sp³-hybridized carbons (Fsp3) is 0.167. The lowest BCUT2D eigenvalue weighted by Gasteiger charge is -2.13. The zero-order valence-electron chi connectivity index (χ0n) is 13.4. The predicted molar refractivity (Wildman–Crippen MR) is 93.5 cm³/mol. The predicted octanol–water partition coefficient (Wildman–Crippen LogP) is 3.92. The van der Waals surface area contributed by atoms with Gasteiger partial charge < -0.3 is 9.73 Å². The number of nitrogens with one attached hydrogen (secondary N) is 1. The molecule has 0 aliphatic carbocycles. The van der Waals surface area contributed by atoms with Crippen molar-refractivity contribution >= 4 is 15.7 Å². The van der Waals surface area contributed by atoms with Crippen LogP contribution in [0.4, 0.5) is 5.82 Å². The van der Waals surface area contributed by atoms with Crippen LogP contribution in [0.1, 0.15) is 18.5 Å². The Balaban J connectivity index is 1.82. The lowest BCUT2D eigenvalue weighted by atomic mass is 10.1. The van der Waals surface area contributed by atoms with Crippen molar-refractivity contribution < 1.29 is 12.8 Å². The van der Waals surface area contributed by atoms with E-state index in [1.165, 1.54) is 6.26 Å². The summed E-state index contributed by atoms with van der Waals surface area (Å²) in [6.07, 6.45) is 4.54. The molecular weight excluding hydrogens is 324 g/mol. The van der Waals surface area contributed by atoms with Crippen LogP contribution in [0.3, 0.4) is 0 Å². The normalized spacial score (nSPS) is 12.8. The van der Waals surface area contributed by atoms with Crippen molar-refractivity contribution in [3.05, 3.63) is 66.6 Å². The minimum Gasteiger partial charge on any atom is -0.472 e. The standard InChI is InChI=1S/C18H18N2O3S/c1-13(15-10-11-23-12-15)19-18-5-3-4-17(20-18)14-6-8-16(9-7-14)24(2,21)22/h3-13H,1-2H3,(H,19,20)/t13-/m0/s1.